The molecule has 1 aliphatic rings. The molecular formula is C31H37N5O5. The van der Waals surface area contributed by atoms with Crippen LogP contribution in [0.5, 0.6) is 23.0 Å². The molecule has 2 aromatic carbocycles. The number of hydrogen-bond acceptors (Lipinski definition) is 7. The van der Waals surface area contributed by atoms with Gasteiger partial charge >= 0.3 is 0 Å². The third kappa shape index (κ3) is 4.98. The summed E-state index contributed by atoms with van der Waals surface area (Å²) in [5.41, 5.74) is 4.47. The van der Waals surface area contributed by atoms with Gasteiger partial charge in [0.25, 0.3) is 5.91 Å². The first-order chi connectivity index (χ1) is 19.6. The van der Waals surface area contributed by atoms with Crippen LogP contribution in [-0.2, 0) is 13.7 Å². The summed E-state index contributed by atoms with van der Waals surface area (Å²) in [5.74, 6) is 2.31. The maximum absolute atomic E-state index is 14.0. The summed E-state index contributed by atoms with van der Waals surface area (Å²) in [7, 11) is 8.53. The number of aromatic nitrogens is 4. The van der Waals surface area contributed by atoms with Gasteiger partial charge in [-0.05, 0) is 32.4 Å². The highest BCUT2D eigenvalue weighted by Crippen LogP contribution is 2.46. The van der Waals surface area contributed by atoms with Crippen molar-refractivity contribution >= 4 is 5.91 Å². The lowest BCUT2D eigenvalue weighted by atomic mass is 9.95. The van der Waals surface area contributed by atoms with Crippen molar-refractivity contribution < 1.29 is 23.7 Å². The normalized spacial score (nSPS) is 12.3. The smallest absolute Gasteiger partial charge is 0.274 e. The molecule has 0 bridgehead atoms. The summed E-state index contributed by atoms with van der Waals surface area (Å²) in [6.07, 6.45) is 3.70. The maximum Gasteiger partial charge on any atom is 0.274 e. The first-order valence-electron chi connectivity index (χ1n) is 13.6. The van der Waals surface area contributed by atoms with Gasteiger partial charge in [-0.25, -0.2) is 4.68 Å². The van der Waals surface area contributed by atoms with E-state index in [4.69, 9.17) is 24.0 Å². The summed E-state index contributed by atoms with van der Waals surface area (Å²) in [4.78, 5) is 15.8. The topological polar surface area (TPSA) is 92.9 Å². The van der Waals surface area contributed by atoms with Gasteiger partial charge < -0.3 is 23.8 Å². The Morgan fingerprint density at radius 2 is 1.73 bits per heavy atom. The van der Waals surface area contributed by atoms with Crippen LogP contribution < -0.4 is 18.9 Å². The summed E-state index contributed by atoms with van der Waals surface area (Å²) in [6.45, 7) is 6.44. The Balaban J connectivity index is 1.77. The molecular weight excluding hydrogens is 522 g/mol. The summed E-state index contributed by atoms with van der Waals surface area (Å²) >= 11 is 0. The monoisotopic (exact) mass is 559 g/mol. The average molecular weight is 560 g/mol. The van der Waals surface area contributed by atoms with Crippen LogP contribution in [0, 0.1) is 0 Å². The quantitative estimate of drug-likeness (QED) is 0.267. The van der Waals surface area contributed by atoms with Gasteiger partial charge in [-0.15, -0.1) is 0 Å². The molecule has 41 heavy (non-hydrogen) atoms. The first kappa shape index (κ1) is 28.1. The minimum atomic E-state index is -0.353. The molecule has 10 nitrogen and oxygen atoms in total. The second kappa shape index (κ2) is 10.8. The lowest BCUT2D eigenvalue weighted by Crippen LogP contribution is -2.45. The molecule has 216 valence electrons. The van der Waals surface area contributed by atoms with Gasteiger partial charge in [0.05, 0.1) is 38.4 Å². The van der Waals surface area contributed by atoms with Gasteiger partial charge in [0, 0.05) is 66.8 Å². The zero-order valence-corrected chi connectivity index (χ0v) is 24.9. The van der Waals surface area contributed by atoms with E-state index < -0.39 is 0 Å². The van der Waals surface area contributed by atoms with Crippen LogP contribution in [0.15, 0.2) is 42.6 Å². The van der Waals surface area contributed by atoms with Crippen LogP contribution in [0.1, 0.15) is 49.7 Å². The molecule has 0 saturated carbocycles. The van der Waals surface area contributed by atoms with E-state index >= 15 is 0 Å². The SMILES string of the molecule is CCCC(C)(C)N(C)C(=O)c1nn(-c2cc(OC)cc(OC)c2)c2c1COc1cc(OC)c(-c3ccn(C)n3)cc1-2. The molecule has 0 radical (unpaired) electrons. The first-order valence-corrected chi connectivity index (χ1v) is 13.6. The van der Waals surface area contributed by atoms with Crippen molar-refractivity contribution in [3.63, 3.8) is 0 Å². The number of rotatable bonds is 9. The van der Waals surface area contributed by atoms with Crippen molar-refractivity contribution in [2.75, 3.05) is 28.4 Å². The molecule has 3 heterocycles. The number of fused-ring (bicyclic) bond motifs is 3. The van der Waals surface area contributed by atoms with Crippen LogP contribution in [0.2, 0.25) is 0 Å². The summed E-state index contributed by atoms with van der Waals surface area (Å²) in [6, 6.07) is 11.3. The van der Waals surface area contributed by atoms with Gasteiger partial charge in [0.15, 0.2) is 5.69 Å². The van der Waals surface area contributed by atoms with Gasteiger partial charge in [-0.1, -0.05) is 13.3 Å². The van der Waals surface area contributed by atoms with Crippen LogP contribution in [0.4, 0.5) is 0 Å². The van der Waals surface area contributed by atoms with Crippen molar-refractivity contribution in [3.8, 4) is 51.2 Å². The van der Waals surface area contributed by atoms with E-state index in [2.05, 4.69) is 25.9 Å². The van der Waals surface area contributed by atoms with E-state index in [1.807, 2.05) is 50.6 Å². The van der Waals surface area contributed by atoms with Crippen molar-refractivity contribution in [2.24, 2.45) is 7.05 Å². The zero-order chi connectivity index (χ0) is 29.5. The van der Waals surface area contributed by atoms with Crippen LogP contribution in [0.25, 0.3) is 28.2 Å². The molecule has 0 unspecified atom stereocenters. The third-order valence-electron chi connectivity index (χ3n) is 7.76. The van der Waals surface area contributed by atoms with E-state index in [9.17, 15) is 4.79 Å². The molecule has 0 saturated heterocycles. The highest BCUT2D eigenvalue weighted by molar-refractivity contribution is 5.97. The second-order valence-electron chi connectivity index (χ2n) is 10.8. The maximum atomic E-state index is 14.0. The van der Waals surface area contributed by atoms with Crippen LogP contribution in [-0.4, -0.2) is 64.3 Å². The van der Waals surface area contributed by atoms with Crippen molar-refractivity contribution in [1.82, 2.24) is 24.5 Å². The lowest BCUT2D eigenvalue weighted by molar-refractivity contribution is 0.0601. The minimum Gasteiger partial charge on any atom is -0.497 e. The van der Waals surface area contributed by atoms with E-state index in [-0.39, 0.29) is 18.1 Å². The fourth-order valence-electron chi connectivity index (χ4n) is 5.29. The zero-order valence-electron chi connectivity index (χ0n) is 24.9. The van der Waals surface area contributed by atoms with Gasteiger partial charge in [-0.2, -0.15) is 10.2 Å². The Morgan fingerprint density at radius 1 is 1.02 bits per heavy atom. The summed E-state index contributed by atoms with van der Waals surface area (Å²) < 4.78 is 26.6. The number of hydrogen-bond donors (Lipinski definition) is 0. The van der Waals surface area contributed by atoms with Crippen molar-refractivity contribution in [3.05, 3.63) is 53.9 Å². The molecule has 1 aliphatic heterocycles. The van der Waals surface area contributed by atoms with Gasteiger partial charge in [0.2, 0.25) is 0 Å². The Labute approximate surface area is 240 Å². The number of nitrogens with zero attached hydrogens (tertiary/aromatic N) is 5. The third-order valence-corrected chi connectivity index (χ3v) is 7.76. The number of amides is 1. The molecule has 0 atom stereocenters. The molecule has 1 amide bonds. The molecule has 0 aliphatic carbocycles. The Hall–Kier alpha value is -4.47. The minimum absolute atomic E-state index is 0.168. The predicted octanol–water partition coefficient (Wildman–Crippen LogP) is 5.51. The van der Waals surface area contributed by atoms with Crippen molar-refractivity contribution in [1.29, 1.82) is 0 Å². The number of carbonyl (C=O) groups excluding carboxylic acids is 1. The largest absolute Gasteiger partial charge is 0.497 e. The molecule has 0 N–H and O–H groups in total. The second-order valence-corrected chi connectivity index (χ2v) is 10.8. The number of benzene rings is 2. The number of aryl methyl sites for hydroxylation is 1. The standard InChI is InChI=1S/C31H37N5O5/c1-9-11-31(2,3)35(5)30(37)28-24-18-41-27-17-26(40-8)22(25-10-12-34(4)32-25)16-23(27)29(24)36(33-28)19-13-20(38-6)15-21(14-19)39-7/h10,12-17H,9,11,18H2,1-8H3. The Bertz CT molecular complexity index is 1580. The number of methoxy groups -OCH3 is 3. The summed E-state index contributed by atoms with van der Waals surface area (Å²) in [5, 5.41) is 9.54. The molecule has 0 fully saturated rings. The number of ether oxygens (including phenoxy) is 4. The van der Waals surface area contributed by atoms with Gasteiger partial charge in [0.1, 0.15) is 29.6 Å². The molecule has 4 aromatic rings. The predicted molar refractivity (Wildman–Crippen MR) is 156 cm³/mol. The van der Waals surface area contributed by atoms with Crippen LogP contribution in [0.3, 0.4) is 0 Å². The Morgan fingerprint density at radius 3 is 2.32 bits per heavy atom. The highest BCUT2D eigenvalue weighted by atomic mass is 16.5. The Kier molecular flexibility index (Phi) is 7.42. The molecule has 0 spiro atoms. The van der Waals surface area contributed by atoms with Crippen molar-refractivity contribution in [2.45, 2.75) is 45.8 Å². The van der Waals surface area contributed by atoms with E-state index in [1.54, 1.807) is 41.7 Å². The fourth-order valence-corrected chi connectivity index (χ4v) is 5.29. The molecule has 2 aromatic heterocycles. The average Bonchev–Trinajstić information content (AvgIpc) is 3.59. The number of carbonyl (C=O) groups is 1. The van der Waals surface area contributed by atoms with E-state index in [0.717, 1.165) is 35.4 Å². The fraction of sp³-hybridized carbons (Fsp3) is 0.387. The van der Waals surface area contributed by atoms with E-state index in [1.165, 1.54) is 0 Å². The highest BCUT2D eigenvalue weighted by Gasteiger charge is 2.36. The lowest BCUT2D eigenvalue weighted by Gasteiger charge is -2.35. The molecule has 10 heteroatoms. The van der Waals surface area contributed by atoms with Crippen LogP contribution >= 0.6 is 0 Å². The van der Waals surface area contributed by atoms with E-state index in [0.29, 0.717) is 39.9 Å². The molecule has 5 rings (SSSR count). The van der Waals surface area contributed by atoms with Gasteiger partial charge in [-0.3, -0.25) is 9.48 Å².